The molecule has 0 aliphatic rings. The second-order valence-corrected chi connectivity index (χ2v) is 30.8. The van der Waals surface area contributed by atoms with Gasteiger partial charge in [-0.2, -0.15) is 0 Å². The van der Waals surface area contributed by atoms with Crippen molar-refractivity contribution in [1.82, 2.24) is 0 Å². The Balaban J connectivity index is 5.08. The number of phosphoric acid groups is 2. The minimum atomic E-state index is -4.95. The Kier molecular flexibility index (Phi) is 67.7. The molecule has 5 atom stereocenters. The van der Waals surface area contributed by atoms with Gasteiger partial charge in [-0.1, -0.05) is 349 Å². The first kappa shape index (κ1) is 93.1. The van der Waals surface area contributed by atoms with E-state index < -0.39 is 97.5 Å². The lowest BCUT2D eigenvalue weighted by Crippen LogP contribution is -2.30. The van der Waals surface area contributed by atoms with Crippen molar-refractivity contribution in [1.29, 1.82) is 0 Å². The van der Waals surface area contributed by atoms with Crippen LogP contribution >= 0.6 is 15.6 Å². The summed E-state index contributed by atoms with van der Waals surface area (Å²) in [5, 5.41) is 10.6. The summed E-state index contributed by atoms with van der Waals surface area (Å²) in [5.41, 5.74) is 0. The van der Waals surface area contributed by atoms with Gasteiger partial charge < -0.3 is 33.8 Å². The lowest BCUT2D eigenvalue weighted by molar-refractivity contribution is -0.161. The molecule has 0 amide bonds. The second-order valence-electron chi connectivity index (χ2n) is 27.9. The van der Waals surface area contributed by atoms with Crippen LogP contribution in [0.5, 0.6) is 0 Å². The number of unbranched alkanes of at least 4 members (excludes halogenated alkanes) is 48. The van der Waals surface area contributed by atoms with Crippen molar-refractivity contribution in [3.8, 4) is 0 Å². The van der Waals surface area contributed by atoms with Gasteiger partial charge in [0.25, 0.3) is 0 Å². The lowest BCUT2D eigenvalue weighted by Gasteiger charge is -2.21. The molecule has 0 aromatic rings. The van der Waals surface area contributed by atoms with Gasteiger partial charge in [-0.3, -0.25) is 37.3 Å². The number of ether oxygens (including phenoxy) is 4. The van der Waals surface area contributed by atoms with Crippen molar-refractivity contribution in [3.63, 3.8) is 0 Å². The molecule has 0 saturated heterocycles. The van der Waals surface area contributed by atoms with Crippen LogP contribution in [0.4, 0.5) is 0 Å². The Morgan fingerprint density at radius 2 is 0.484 bits per heavy atom. The number of aliphatic hydroxyl groups excluding tert-OH is 1. The standard InChI is InChI=1S/C76H148O17P2/c1-6-9-12-15-17-19-20-21-22-23-24-25-26-27-28-33-36-39-43-47-52-57-62-76(81)93-72(66-87-74(79)60-55-50-45-42-38-35-32-30-29-31-34-37-41-44-49-53-58-69(4)5)68-91-95(84,85)89-64-70(77)63-88-94(82,83)90-67-71(65-86-73(78)59-54-48-14-11-8-3)92-75(80)61-56-51-46-40-18-16-13-10-7-2/h69-72,77H,6-68H2,1-5H3,(H,82,83)(H,84,85)/t70-,71+,72+/m0/s1. The first-order valence-electron chi connectivity index (χ1n) is 39.6. The zero-order chi connectivity index (χ0) is 69.8. The largest absolute Gasteiger partial charge is 0.472 e. The number of carbonyl (C=O) groups excluding carboxylic acids is 4. The maximum absolute atomic E-state index is 13.1. The summed E-state index contributed by atoms with van der Waals surface area (Å²) in [6.07, 6.45) is 59.0. The van der Waals surface area contributed by atoms with Crippen LogP contribution in [0, 0.1) is 5.92 Å². The van der Waals surface area contributed by atoms with Crippen molar-refractivity contribution in [2.45, 2.75) is 419 Å². The molecule has 0 heterocycles. The zero-order valence-electron chi connectivity index (χ0n) is 61.8. The first-order chi connectivity index (χ1) is 46.0. The van der Waals surface area contributed by atoms with Gasteiger partial charge in [0.05, 0.1) is 26.4 Å². The Bertz CT molecular complexity index is 1820. The van der Waals surface area contributed by atoms with Crippen LogP contribution in [0.1, 0.15) is 401 Å². The second kappa shape index (κ2) is 69.2. The van der Waals surface area contributed by atoms with E-state index in [2.05, 4.69) is 34.6 Å². The first-order valence-corrected chi connectivity index (χ1v) is 42.6. The molecule has 3 N–H and O–H groups in total. The van der Waals surface area contributed by atoms with E-state index in [0.717, 1.165) is 102 Å². The SMILES string of the molecule is CCCCCCCCCCCCCCCCCCCCCCCCC(=O)O[C@H](COC(=O)CCCCCCCCCCCCCCCCCCC(C)C)COP(=O)(O)OC[C@@H](O)COP(=O)(O)OC[C@@H](COC(=O)CCCCCCC)OC(=O)CCCCCCCCCCC. The monoisotopic (exact) mass is 1400 g/mol. The van der Waals surface area contributed by atoms with Crippen molar-refractivity contribution in [3.05, 3.63) is 0 Å². The van der Waals surface area contributed by atoms with Crippen molar-refractivity contribution in [2.75, 3.05) is 39.6 Å². The Morgan fingerprint density at radius 3 is 0.716 bits per heavy atom. The van der Waals surface area contributed by atoms with Gasteiger partial charge in [0.15, 0.2) is 12.2 Å². The summed E-state index contributed by atoms with van der Waals surface area (Å²) in [7, 11) is -9.89. The highest BCUT2D eigenvalue weighted by Crippen LogP contribution is 2.45. The van der Waals surface area contributed by atoms with Gasteiger partial charge in [0.1, 0.15) is 19.3 Å². The van der Waals surface area contributed by atoms with Gasteiger partial charge in [-0.25, -0.2) is 9.13 Å². The third-order valence-corrected chi connectivity index (χ3v) is 19.7. The normalized spacial score (nSPS) is 13.9. The van der Waals surface area contributed by atoms with Crippen LogP contribution in [0.15, 0.2) is 0 Å². The number of esters is 4. The summed E-state index contributed by atoms with van der Waals surface area (Å²) in [5.74, 6) is -1.32. The average Bonchev–Trinajstić information content (AvgIpc) is 1.38. The maximum atomic E-state index is 13.1. The smallest absolute Gasteiger partial charge is 0.462 e. The molecule has 0 saturated carbocycles. The summed E-state index contributed by atoms with van der Waals surface area (Å²) in [4.78, 5) is 72.4. The van der Waals surface area contributed by atoms with Crippen molar-refractivity contribution in [2.24, 2.45) is 5.92 Å². The van der Waals surface area contributed by atoms with Crippen LogP contribution < -0.4 is 0 Å². The van der Waals surface area contributed by atoms with E-state index in [1.165, 1.54) is 218 Å². The van der Waals surface area contributed by atoms with Crippen LogP contribution in [0.3, 0.4) is 0 Å². The number of rotatable bonds is 76. The molecule has 0 aliphatic heterocycles. The highest BCUT2D eigenvalue weighted by Gasteiger charge is 2.30. The average molecular weight is 1400 g/mol. The van der Waals surface area contributed by atoms with E-state index in [1.54, 1.807) is 0 Å². The van der Waals surface area contributed by atoms with E-state index in [4.69, 9.17) is 37.0 Å². The zero-order valence-corrected chi connectivity index (χ0v) is 63.6. The lowest BCUT2D eigenvalue weighted by atomic mass is 10.0. The molecular formula is C76H148O17P2. The quantitative estimate of drug-likeness (QED) is 0.0222. The molecule has 2 unspecified atom stereocenters. The van der Waals surface area contributed by atoms with Gasteiger partial charge in [-0.15, -0.1) is 0 Å². The third-order valence-electron chi connectivity index (χ3n) is 17.8. The number of aliphatic hydroxyl groups is 1. The molecule has 17 nitrogen and oxygen atoms in total. The summed E-state index contributed by atoms with van der Waals surface area (Å²) >= 11 is 0. The molecule has 0 radical (unpaired) electrons. The van der Waals surface area contributed by atoms with Gasteiger partial charge >= 0.3 is 39.5 Å². The van der Waals surface area contributed by atoms with Crippen molar-refractivity contribution >= 4 is 39.5 Å². The van der Waals surface area contributed by atoms with Gasteiger partial charge in [-0.05, 0) is 31.6 Å². The fourth-order valence-electron chi connectivity index (χ4n) is 11.7. The van der Waals surface area contributed by atoms with E-state index in [9.17, 15) is 43.2 Å². The fourth-order valence-corrected chi connectivity index (χ4v) is 13.3. The van der Waals surface area contributed by atoms with E-state index >= 15 is 0 Å². The van der Waals surface area contributed by atoms with Gasteiger partial charge in [0.2, 0.25) is 0 Å². The van der Waals surface area contributed by atoms with E-state index in [-0.39, 0.29) is 25.7 Å². The molecule has 19 heteroatoms. The Labute approximate surface area is 581 Å². The summed E-state index contributed by atoms with van der Waals surface area (Å²) in [6, 6.07) is 0. The highest BCUT2D eigenvalue weighted by molar-refractivity contribution is 7.47. The van der Waals surface area contributed by atoms with Crippen LogP contribution in [0.2, 0.25) is 0 Å². The number of phosphoric ester groups is 2. The fraction of sp³-hybridized carbons (Fsp3) is 0.947. The maximum Gasteiger partial charge on any atom is 0.472 e. The minimum absolute atomic E-state index is 0.105. The van der Waals surface area contributed by atoms with Crippen LogP contribution in [-0.2, 0) is 65.4 Å². The van der Waals surface area contributed by atoms with Crippen molar-refractivity contribution < 1.29 is 80.2 Å². The molecule has 0 bridgehead atoms. The molecule has 0 rings (SSSR count). The Morgan fingerprint density at radius 1 is 0.284 bits per heavy atom. The molecule has 0 aromatic carbocycles. The molecule has 0 aromatic heterocycles. The molecule has 564 valence electrons. The summed E-state index contributed by atoms with van der Waals surface area (Å²) < 4.78 is 68.2. The van der Waals surface area contributed by atoms with Gasteiger partial charge in [0, 0.05) is 25.7 Å². The van der Waals surface area contributed by atoms with Crippen LogP contribution in [-0.4, -0.2) is 96.7 Å². The van der Waals surface area contributed by atoms with Crippen LogP contribution in [0.25, 0.3) is 0 Å². The molecular weight excluding hydrogens is 1250 g/mol. The van der Waals surface area contributed by atoms with E-state index in [1.807, 2.05) is 0 Å². The third kappa shape index (κ3) is 70.3. The number of hydrogen-bond acceptors (Lipinski definition) is 15. The summed E-state index contributed by atoms with van der Waals surface area (Å²) in [6.45, 7) is 7.21. The number of carbonyl (C=O) groups is 4. The van der Waals surface area contributed by atoms with E-state index in [0.29, 0.717) is 25.7 Å². The molecule has 95 heavy (non-hydrogen) atoms. The molecule has 0 aliphatic carbocycles. The Hall–Kier alpha value is -1.94. The molecule has 0 fully saturated rings. The minimum Gasteiger partial charge on any atom is -0.462 e. The topological polar surface area (TPSA) is 237 Å². The molecule has 0 spiro atoms. The highest BCUT2D eigenvalue weighted by atomic mass is 31.2. The predicted octanol–water partition coefficient (Wildman–Crippen LogP) is 22.5. The number of hydrogen-bond donors (Lipinski definition) is 3. The predicted molar refractivity (Wildman–Crippen MR) is 386 cm³/mol.